The Labute approximate surface area is 159 Å². The Morgan fingerprint density at radius 3 is 2.52 bits per heavy atom. The smallest absolute Gasteiger partial charge is 0.325 e. The van der Waals surface area contributed by atoms with Gasteiger partial charge in [-0.25, -0.2) is 14.2 Å². The van der Waals surface area contributed by atoms with Gasteiger partial charge in [0.25, 0.3) is 0 Å². The summed E-state index contributed by atoms with van der Waals surface area (Å²) in [4.78, 5) is 28.3. The van der Waals surface area contributed by atoms with E-state index in [1.165, 1.54) is 35.6 Å². The van der Waals surface area contributed by atoms with Gasteiger partial charge in [-0.15, -0.1) is 11.3 Å². The number of nitrogens with one attached hydrogen (secondary N) is 3. The Balaban J connectivity index is 1.53. The first kappa shape index (κ1) is 18.5. The van der Waals surface area contributed by atoms with Gasteiger partial charge in [0.1, 0.15) is 5.82 Å². The lowest BCUT2D eigenvalue weighted by Gasteiger charge is -2.07. The maximum atomic E-state index is 12.9. The molecule has 1 heterocycles. The summed E-state index contributed by atoms with van der Waals surface area (Å²) in [5, 5.41) is 10.1. The van der Waals surface area contributed by atoms with Crippen LogP contribution in [0.3, 0.4) is 0 Å². The molecule has 0 fully saturated rings. The van der Waals surface area contributed by atoms with Crippen molar-refractivity contribution in [1.82, 2.24) is 4.98 Å². The zero-order valence-electron chi connectivity index (χ0n) is 14.5. The number of nitrogens with zero attached hydrogens (tertiary/aromatic N) is 1. The molecule has 0 bridgehead atoms. The monoisotopic (exact) mass is 384 g/mol. The first-order valence-corrected chi connectivity index (χ1v) is 9.01. The van der Waals surface area contributed by atoms with E-state index in [1.54, 1.807) is 5.38 Å². The van der Waals surface area contributed by atoms with E-state index in [9.17, 15) is 14.0 Å². The van der Waals surface area contributed by atoms with Crippen molar-refractivity contribution in [3.63, 3.8) is 0 Å². The molecule has 0 aliphatic rings. The van der Waals surface area contributed by atoms with E-state index < -0.39 is 6.03 Å². The van der Waals surface area contributed by atoms with E-state index in [1.807, 2.05) is 31.2 Å². The number of aromatic nitrogens is 1. The molecule has 138 valence electrons. The van der Waals surface area contributed by atoms with Crippen LogP contribution < -0.4 is 16.0 Å². The van der Waals surface area contributed by atoms with Gasteiger partial charge in [-0.2, -0.15) is 0 Å². The molecule has 3 aromatic rings. The zero-order chi connectivity index (χ0) is 19.2. The summed E-state index contributed by atoms with van der Waals surface area (Å²) in [7, 11) is 0. The molecule has 27 heavy (non-hydrogen) atoms. The second kappa shape index (κ2) is 8.41. The van der Waals surface area contributed by atoms with E-state index in [-0.39, 0.29) is 18.1 Å². The molecule has 3 N–H and O–H groups in total. The van der Waals surface area contributed by atoms with Crippen LogP contribution >= 0.6 is 11.3 Å². The Kier molecular flexibility index (Phi) is 5.77. The highest BCUT2D eigenvalue weighted by atomic mass is 32.1. The fraction of sp³-hybridized carbons (Fsp3) is 0.105. The van der Waals surface area contributed by atoms with Crippen molar-refractivity contribution >= 4 is 39.8 Å². The number of aryl methyl sites for hydroxylation is 1. The number of para-hydroxylation sites is 1. The van der Waals surface area contributed by atoms with Gasteiger partial charge >= 0.3 is 6.03 Å². The standard InChI is InChI=1S/C19H17FN4O2S/c1-12-4-2-3-5-16(12)23-17(25)10-15-11-27-19(22-15)24-18(26)21-14-8-6-13(20)7-9-14/h2-9,11H,10H2,1H3,(H,23,25)(H2,21,22,24,26). The van der Waals surface area contributed by atoms with Gasteiger partial charge in [-0.1, -0.05) is 18.2 Å². The topological polar surface area (TPSA) is 83.1 Å². The molecule has 6 nitrogen and oxygen atoms in total. The first-order valence-electron chi connectivity index (χ1n) is 8.13. The number of carbonyl (C=O) groups excluding carboxylic acids is 2. The minimum Gasteiger partial charge on any atom is -0.326 e. The quantitative estimate of drug-likeness (QED) is 0.609. The van der Waals surface area contributed by atoms with Gasteiger partial charge in [0.2, 0.25) is 5.91 Å². The Morgan fingerprint density at radius 2 is 1.78 bits per heavy atom. The number of anilines is 3. The van der Waals surface area contributed by atoms with Crippen molar-refractivity contribution in [2.24, 2.45) is 0 Å². The molecule has 0 aliphatic heterocycles. The molecule has 2 aromatic carbocycles. The van der Waals surface area contributed by atoms with E-state index >= 15 is 0 Å². The number of carbonyl (C=O) groups is 2. The average Bonchev–Trinajstić information content (AvgIpc) is 3.05. The summed E-state index contributed by atoms with van der Waals surface area (Å²) in [6, 6.07) is 12.4. The van der Waals surface area contributed by atoms with Crippen molar-refractivity contribution in [3.05, 3.63) is 71.0 Å². The largest absolute Gasteiger partial charge is 0.326 e. The van der Waals surface area contributed by atoms with Crippen LogP contribution in [-0.4, -0.2) is 16.9 Å². The number of thiazole rings is 1. The second-order valence-electron chi connectivity index (χ2n) is 5.77. The third kappa shape index (κ3) is 5.35. The van der Waals surface area contributed by atoms with Crippen molar-refractivity contribution < 1.29 is 14.0 Å². The third-order valence-corrected chi connectivity index (χ3v) is 4.44. The zero-order valence-corrected chi connectivity index (χ0v) is 15.3. The summed E-state index contributed by atoms with van der Waals surface area (Å²) in [5.74, 6) is -0.564. The highest BCUT2D eigenvalue weighted by Crippen LogP contribution is 2.18. The summed E-state index contributed by atoms with van der Waals surface area (Å²) in [6.45, 7) is 1.92. The molecular formula is C19H17FN4O2S. The Hall–Kier alpha value is -3.26. The second-order valence-corrected chi connectivity index (χ2v) is 6.63. The molecule has 0 aliphatic carbocycles. The predicted molar refractivity (Wildman–Crippen MR) is 105 cm³/mol. The molecule has 0 saturated carbocycles. The lowest BCUT2D eigenvalue weighted by molar-refractivity contribution is -0.115. The molecule has 0 spiro atoms. The molecule has 3 rings (SSSR count). The minimum absolute atomic E-state index is 0.103. The van der Waals surface area contributed by atoms with Gasteiger partial charge in [-0.3, -0.25) is 10.1 Å². The number of benzene rings is 2. The highest BCUT2D eigenvalue weighted by Gasteiger charge is 2.11. The fourth-order valence-corrected chi connectivity index (χ4v) is 3.02. The van der Waals surface area contributed by atoms with Crippen LogP contribution in [0.2, 0.25) is 0 Å². The maximum Gasteiger partial charge on any atom is 0.325 e. The van der Waals surface area contributed by atoms with E-state index in [0.29, 0.717) is 16.5 Å². The minimum atomic E-state index is -0.494. The summed E-state index contributed by atoms with van der Waals surface area (Å²) >= 11 is 1.22. The number of amides is 3. The number of urea groups is 1. The Bertz CT molecular complexity index is 956. The maximum absolute atomic E-state index is 12.9. The normalized spacial score (nSPS) is 10.3. The molecule has 0 atom stereocenters. The average molecular weight is 384 g/mol. The van der Waals surface area contributed by atoms with Crippen molar-refractivity contribution in [2.45, 2.75) is 13.3 Å². The van der Waals surface area contributed by atoms with Crippen molar-refractivity contribution in [1.29, 1.82) is 0 Å². The lowest BCUT2D eigenvalue weighted by atomic mass is 10.2. The van der Waals surface area contributed by atoms with Gasteiger partial charge in [0, 0.05) is 16.8 Å². The number of hydrogen-bond donors (Lipinski definition) is 3. The summed E-state index contributed by atoms with van der Waals surface area (Å²) in [6.07, 6.45) is 0.103. The number of rotatable bonds is 5. The number of hydrogen-bond acceptors (Lipinski definition) is 4. The summed E-state index contributed by atoms with van der Waals surface area (Å²) in [5.41, 5.74) is 2.75. The lowest BCUT2D eigenvalue weighted by Crippen LogP contribution is -2.19. The Morgan fingerprint density at radius 1 is 1.04 bits per heavy atom. The summed E-state index contributed by atoms with van der Waals surface area (Å²) < 4.78 is 12.9. The fourth-order valence-electron chi connectivity index (χ4n) is 2.31. The van der Waals surface area contributed by atoms with Crippen LogP contribution in [-0.2, 0) is 11.2 Å². The molecular weight excluding hydrogens is 367 g/mol. The van der Waals surface area contributed by atoms with Crippen LogP contribution in [0.5, 0.6) is 0 Å². The number of halogens is 1. The van der Waals surface area contributed by atoms with Crippen molar-refractivity contribution in [3.8, 4) is 0 Å². The predicted octanol–water partition coefficient (Wildman–Crippen LogP) is 4.42. The SMILES string of the molecule is Cc1ccccc1NC(=O)Cc1csc(NC(=O)Nc2ccc(F)cc2)n1. The molecule has 0 unspecified atom stereocenters. The first-order chi connectivity index (χ1) is 13.0. The van der Waals surface area contributed by atoms with Gasteiger partial charge < -0.3 is 10.6 Å². The van der Waals surface area contributed by atoms with E-state index in [0.717, 1.165) is 11.3 Å². The molecule has 8 heteroatoms. The third-order valence-electron chi connectivity index (χ3n) is 3.64. The van der Waals surface area contributed by atoms with Gasteiger partial charge in [-0.05, 0) is 42.8 Å². The molecule has 0 radical (unpaired) electrons. The van der Waals surface area contributed by atoms with Crippen LogP contribution in [0, 0.1) is 12.7 Å². The van der Waals surface area contributed by atoms with E-state index in [2.05, 4.69) is 20.9 Å². The van der Waals surface area contributed by atoms with Crippen molar-refractivity contribution in [2.75, 3.05) is 16.0 Å². The van der Waals surface area contributed by atoms with Crippen LogP contribution in [0.25, 0.3) is 0 Å². The van der Waals surface area contributed by atoms with Gasteiger partial charge in [0.15, 0.2) is 5.13 Å². The van der Waals surface area contributed by atoms with Crippen LogP contribution in [0.15, 0.2) is 53.9 Å². The highest BCUT2D eigenvalue weighted by molar-refractivity contribution is 7.14. The van der Waals surface area contributed by atoms with Crippen LogP contribution in [0.1, 0.15) is 11.3 Å². The van der Waals surface area contributed by atoms with Crippen LogP contribution in [0.4, 0.5) is 25.7 Å². The van der Waals surface area contributed by atoms with Gasteiger partial charge in [0.05, 0.1) is 12.1 Å². The molecule has 3 amide bonds. The molecule has 0 saturated heterocycles. The van der Waals surface area contributed by atoms with E-state index in [4.69, 9.17) is 0 Å². The molecule has 1 aromatic heterocycles.